The van der Waals surface area contributed by atoms with Crippen LogP contribution in [0.4, 0.5) is 5.82 Å². The molecule has 0 aliphatic rings. The fraction of sp³-hybridized carbons (Fsp3) is 0.545. The van der Waals surface area contributed by atoms with Crippen molar-refractivity contribution in [2.75, 3.05) is 11.4 Å². The van der Waals surface area contributed by atoms with Gasteiger partial charge in [0.1, 0.15) is 5.82 Å². The highest BCUT2D eigenvalue weighted by Gasteiger charge is 2.08. The van der Waals surface area contributed by atoms with Crippen LogP contribution in [0.3, 0.4) is 0 Å². The van der Waals surface area contributed by atoms with Crippen LogP contribution < -0.4 is 4.90 Å². The van der Waals surface area contributed by atoms with Crippen molar-refractivity contribution in [2.24, 2.45) is 0 Å². The van der Waals surface area contributed by atoms with E-state index in [0.717, 1.165) is 17.9 Å². The zero-order valence-electron chi connectivity index (χ0n) is 9.07. The molecular weight excluding hydrogens is 176 g/mol. The van der Waals surface area contributed by atoms with E-state index in [2.05, 4.69) is 30.7 Å². The number of aromatic nitrogens is 1. The third-order valence-electron chi connectivity index (χ3n) is 2.25. The quantitative estimate of drug-likeness (QED) is 0.794. The van der Waals surface area contributed by atoms with Gasteiger partial charge in [0, 0.05) is 18.8 Å². The van der Waals surface area contributed by atoms with E-state index >= 15 is 0 Å². The van der Waals surface area contributed by atoms with Gasteiger partial charge in [0.25, 0.3) is 0 Å². The first-order valence-corrected chi connectivity index (χ1v) is 5.01. The van der Waals surface area contributed by atoms with Gasteiger partial charge in [-0.15, -0.1) is 0 Å². The maximum Gasteiger partial charge on any atom is 0.128 e. The summed E-state index contributed by atoms with van der Waals surface area (Å²) in [5, 5.41) is 8.88. The number of hydrogen-bond acceptors (Lipinski definition) is 3. The minimum atomic E-state index is 0.0566. The van der Waals surface area contributed by atoms with Gasteiger partial charge in [0.05, 0.1) is 6.61 Å². The zero-order chi connectivity index (χ0) is 10.6. The van der Waals surface area contributed by atoms with Crippen LogP contribution in [0.15, 0.2) is 18.3 Å². The summed E-state index contributed by atoms with van der Waals surface area (Å²) in [5.74, 6) is 0.972. The second-order valence-electron chi connectivity index (χ2n) is 3.56. The topological polar surface area (TPSA) is 36.4 Å². The molecule has 1 heterocycles. The molecule has 1 N–H and O–H groups in total. The van der Waals surface area contributed by atoms with Gasteiger partial charge in [0.15, 0.2) is 0 Å². The van der Waals surface area contributed by atoms with Gasteiger partial charge >= 0.3 is 0 Å². The fourth-order valence-corrected chi connectivity index (χ4v) is 1.47. The summed E-state index contributed by atoms with van der Waals surface area (Å²) in [6.45, 7) is 7.40. The first kappa shape index (κ1) is 11.0. The highest BCUT2D eigenvalue weighted by atomic mass is 16.3. The summed E-state index contributed by atoms with van der Waals surface area (Å²) in [6, 6.07) is 4.31. The SMILES string of the molecule is CCN(c1ccc(CO)cn1)C(C)C. The Kier molecular flexibility index (Phi) is 3.89. The molecule has 0 aromatic carbocycles. The van der Waals surface area contributed by atoms with Crippen molar-refractivity contribution >= 4 is 5.82 Å². The molecule has 0 bridgehead atoms. The molecule has 0 aliphatic carbocycles. The van der Waals surface area contributed by atoms with Crippen molar-refractivity contribution in [3.05, 3.63) is 23.9 Å². The van der Waals surface area contributed by atoms with Crippen LogP contribution in [0.25, 0.3) is 0 Å². The molecule has 3 heteroatoms. The van der Waals surface area contributed by atoms with Crippen molar-refractivity contribution < 1.29 is 5.11 Å². The molecular formula is C11H18N2O. The summed E-state index contributed by atoms with van der Waals surface area (Å²) in [7, 11) is 0. The average Bonchev–Trinajstić information content (AvgIpc) is 2.19. The van der Waals surface area contributed by atoms with Crippen LogP contribution in [0.5, 0.6) is 0 Å². The third-order valence-corrected chi connectivity index (χ3v) is 2.25. The van der Waals surface area contributed by atoms with E-state index in [9.17, 15) is 0 Å². The van der Waals surface area contributed by atoms with E-state index in [0.29, 0.717) is 6.04 Å². The Bertz CT molecular complexity index is 269. The van der Waals surface area contributed by atoms with Gasteiger partial charge < -0.3 is 10.0 Å². The number of aliphatic hydroxyl groups is 1. The van der Waals surface area contributed by atoms with Crippen molar-refractivity contribution in [3.63, 3.8) is 0 Å². The summed E-state index contributed by atoms with van der Waals surface area (Å²) >= 11 is 0. The van der Waals surface area contributed by atoms with E-state index in [1.807, 2.05) is 12.1 Å². The number of anilines is 1. The summed E-state index contributed by atoms with van der Waals surface area (Å²) < 4.78 is 0. The van der Waals surface area contributed by atoms with Gasteiger partial charge in [-0.05, 0) is 32.4 Å². The van der Waals surface area contributed by atoms with E-state index < -0.39 is 0 Å². The zero-order valence-corrected chi connectivity index (χ0v) is 9.07. The molecule has 0 spiro atoms. The maximum absolute atomic E-state index is 8.88. The lowest BCUT2D eigenvalue weighted by Crippen LogP contribution is -2.30. The molecule has 0 unspecified atom stereocenters. The summed E-state index contributed by atoms with van der Waals surface area (Å²) in [6.07, 6.45) is 1.72. The van der Waals surface area contributed by atoms with Crippen LogP contribution in [0.1, 0.15) is 26.3 Å². The fourth-order valence-electron chi connectivity index (χ4n) is 1.47. The van der Waals surface area contributed by atoms with Crippen molar-refractivity contribution in [1.82, 2.24) is 4.98 Å². The van der Waals surface area contributed by atoms with Gasteiger partial charge in [-0.25, -0.2) is 4.98 Å². The van der Waals surface area contributed by atoms with Gasteiger partial charge in [-0.2, -0.15) is 0 Å². The average molecular weight is 194 g/mol. The number of rotatable bonds is 4. The molecule has 0 fully saturated rings. The van der Waals surface area contributed by atoms with E-state index in [1.165, 1.54) is 0 Å². The maximum atomic E-state index is 8.88. The van der Waals surface area contributed by atoms with Gasteiger partial charge in [-0.1, -0.05) is 6.07 Å². The Balaban J connectivity index is 2.84. The third kappa shape index (κ3) is 2.45. The second kappa shape index (κ2) is 4.96. The number of hydrogen-bond donors (Lipinski definition) is 1. The van der Waals surface area contributed by atoms with Crippen LogP contribution in [0.2, 0.25) is 0 Å². The second-order valence-corrected chi connectivity index (χ2v) is 3.56. The Hall–Kier alpha value is -1.09. The molecule has 0 saturated heterocycles. The van der Waals surface area contributed by atoms with Crippen LogP contribution >= 0.6 is 0 Å². The predicted octanol–water partition coefficient (Wildman–Crippen LogP) is 1.81. The molecule has 0 aliphatic heterocycles. The summed E-state index contributed by atoms with van der Waals surface area (Å²) in [5.41, 5.74) is 0.855. The molecule has 1 aromatic heterocycles. The highest BCUT2D eigenvalue weighted by Crippen LogP contribution is 2.13. The minimum absolute atomic E-state index is 0.0566. The number of aliphatic hydroxyl groups excluding tert-OH is 1. The van der Waals surface area contributed by atoms with E-state index in [-0.39, 0.29) is 6.61 Å². The van der Waals surface area contributed by atoms with Crippen molar-refractivity contribution in [2.45, 2.75) is 33.4 Å². The number of nitrogens with zero attached hydrogens (tertiary/aromatic N) is 2. The molecule has 0 amide bonds. The van der Waals surface area contributed by atoms with Crippen molar-refractivity contribution in [3.8, 4) is 0 Å². The first-order chi connectivity index (χ1) is 6.69. The normalized spacial score (nSPS) is 10.6. The first-order valence-electron chi connectivity index (χ1n) is 5.01. The standard InChI is InChI=1S/C11H18N2O/c1-4-13(9(2)3)11-6-5-10(8-14)7-12-11/h5-7,9,14H,4,8H2,1-3H3. The molecule has 1 aromatic rings. The lowest BCUT2D eigenvalue weighted by Gasteiger charge is -2.26. The molecule has 0 atom stereocenters. The van der Waals surface area contributed by atoms with E-state index in [4.69, 9.17) is 5.11 Å². The van der Waals surface area contributed by atoms with Crippen LogP contribution in [-0.2, 0) is 6.61 Å². The molecule has 0 radical (unpaired) electrons. The van der Waals surface area contributed by atoms with E-state index in [1.54, 1.807) is 6.20 Å². The molecule has 0 saturated carbocycles. The number of pyridine rings is 1. The smallest absolute Gasteiger partial charge is 0.128 e. The van der Waals surface area contributed by atoms with Crippen LogP contribution in [-0.4, -0.2) is 22.7 Å². The monoisotopic (exact) mass is 194 g/mol. The molecule has 14 heavy (non-hydrogen) atoms. The molecule has 3 nitrogen and oxygen atoms in total. The Morgan fingerprint density at radius 2 is 2.14 bits per heavy atom. The lowest BCUT2D eigenvalue weighted by molar-refractivity contribution is 0.281. The van der Waals surface area contributed by atoms with Crippen molar-refractivity contribution in [1.29, 1.82) is 0 Å². The van der Waals surface area contributed by atoms with Gasteiger partial charge in [-0.3, -0.25) is 0 Å². The van der Waals surface area contributed by atoms with Gasteiger partial charge in [0.2, 0.25) is 0 Å². The Labute approximate surface area is 85.4 Å². The minimum Gasteiger partial charge on any atom is -0.392 e. The summed E-state index contributed by atoms with van der Waals surface area (Å²) in [4.78, 5) is 6.52. The Morgan fingerprint density at radius 3 is 2.50 bits per heavy atom. The lowest BCUT2D eigenvalue weighted by atomic mass is 10.2. The van der Waals surface area contributed by atoms with Crippen LogP contribution in [0, 0.1) is 0 Å². The largest absolute Gasteiger partial charge is 0.392 e. The molecule has 78 valence electrons. The predicted molar refractivity (Wildman–Crippen MR) is 58.3 cm³/mol. The Morgan fingerprint density at radius 1 is 1.43 bits per heavy atom. The highest BCUT2D eigenvalue weighted by molar-refractivity contribution is 5.39. The molecule has 1 rings (SSSR count).